The maximum atomic E-state index is 16.9. The van der Waals surface area contributed by atoms with Crippen molar-refractivity contribution in [3.05, 3.63) is 77.5 Å². The number of hydrogen-bond acceptors (Lipinski definition) is 5. The maximum Gasteiger partial charge on any atom is 0.175 e. The first-order valence-electron chi connectivity index (χ1n) is 13.6. The molecule has 0 bridgehead atoms. The number of piperidine rings is 1. The first-order chi connectivity index (χ1) is 19.5. The van der Waals surface area contributed by atoms with E-state index in [2.05, 4.69) is 16.6 Å². The molecule has 3 aliphatic rings. The van der Waals surface area contributed by atoms with Gasteiger partial charge in [-0.3, -0.25) is 4.68 Å². The summed E-state index contributed by atoms with van der Waals surface area (Å²) in [7, 11) is 0. The van der Waals surface area contributed by atoms with Crippen LogP contribution in [-0.4, -0.2) is 33.0 Å². The Morgan fingerprint density at radius 3 is 2.52 bits per heavy atom. The van der Waals surface area contributed by atoms with E-state index < -0.39 is 11.6 Å². The molecule has 40 heavy (non-hydrogen) atoms. The van der Waals surface area contributed by atoms with Gasteiger partial charge in [0.05, 0.1) is 22.7 Å². The third-order valence-corrected chi connectivity index (χ3v) is 8.60. The second-order valence-corrected chi connectivity index (χ2v) is 11.1. The lowest BCUT2D eigenvalue weighted by molar-refractivity contribution is 0.476. The molecule has 2 aliphatic carbocycles. The van der Waals surface area contributed by atoms with Gasteiger partial charge in [-0.2, -0.15) is 5.10 Å². The van der Waals surface area contributed by atoms with Crippen molar-refractivity contribution in [3.8, 4) is 29.4 Å². The van der Waals surface area contributed by atoms with Gasteiger partial charge in [0.15, 0.2) is 5.82 Å². The highest BCUT2D eigenvalue weighted by molar-refractivity contribution is 6.04. The number of hydrogen-bond donors (Lipinski definition) is 3. The lowest BCUT2D eigenvalue weighted by atomic mass is 9.95. The highest BCUT2D eigenvalue weighted by Gasteiger charge is 2.56. The summed E-state index contributed by atoms with van der Waals surface area (Å²) < 4.78 is 33.6. The summed E-state index contributed by atoms with van der Waals surface area (Å²) in [5, 5.41) is 24.0. The van der Waals surface area contributed by atoms with Crippen molar-refractivity contribution in [1.82, 2.24) is 20.1 Å². The number of benzene rings is 3. The fourth-order valence-corrected chi connectivity index (χ4v) is 6.55. The van der Waals surface area contributed by atoms with Gasteiger partial charge in [-0.1, -0.05) is 30.2 Å². The standard InChI is InChI=1S/C32H25F2N5O/c1-2-20-24(33)11-8-16-12-19(40)13-21(25(16)20)29-28(34)31-27(32(37-29)36-17-6-4-3-5-7-17)30(38-39(31)18-9-10-18)26-22-14-35-15-23(22)26/h1,3-8,11-13,18,22-23,26,35,40H,9-10,14-15H2,(H,36,37). The molecule has 1 aliphatic heterocycles. The van der Waals surface area contributed by atoms with Crippen molar-refractivity contribution < 1.29 is 13.9 Å². The summed E-state index contributed by atoms with van der Waals surface area (Å²) >= 11 is 0. The number of pyridine rings is 1. The lowest BCUT2D eigenvalue weighted by Crippen LogP contribution is -2.14. The van der Waals surface area contributed by atoms with E-state index in [1.54, 1.807) is 0 Å². The van der Waals surface area contributed by atoms with Gasteiger partial charge < -0.3 is 15.7 Å². The Morgan fingerprint density at radius 1 is 1.02 bits per heavy atom. The summed E-state index contributed by atoms with van der Waals surface area (Å²) in [6.07, 6.45) is 7.58. The smallest absolute Gasteiger partial charge is 0.175 e. The SMILES string of the molecule is C#Cc1c(F)ccc2cc(O)cc(-c3nc(Nc4ccccc4)c4c(C5C6CNCC65)nn(C5CC5)c4c3F)c12. The lowest BCUT2D eigenvalue weighted by Gasteiger charge is -2.15. The molecule has 3 N–H and O–H groups in total. The number of aromatic hydroxyl groups is 1. The van der Waals surface area contributed by atoms with E-state index in [4.69, 9.17) is 16.5 Å². The second kappa shape index (κ2) is 8.51. The Labute approximate surface area is 229 Å². The van der Waals surface area contributed by atoms with E-state index in [1.165, 1.54) is 24.3 Å². The van der Waals surface area contributed by atoms with Gasteiger partial charge in [0.25, 0.3) is 0 Å². The Balaban J connectivity index is 1.45. The quantitative estimate of drug-likeness (QED) is 0.234. The zero-order chi connectivity index (χ0) is 27.1. The number of aromatic nitrogens is 3. The summed E-state index contributed by atoms with van der Waals surface area (Å²) in [5.74, 6) is 2.87. The first-order valence-corrected chi connectivity index (χ1v) is 13.6. The number of halogens is 2. The molecule has 3 fully saturated rings. The van der Waals surface area contributed by atoms with E-state index in [-0.39, 0.29) is 34.5 Å². The largest absolute Gasteiger partial charge is 0.508 e. The molecular weight excluding hydrogens is 508 g/mol. The van der Waals surface area contributed by atoms with Crippen LogP contribution in [0.1, 0.15) is 36.1 Å². The van der Waals surface area contributed by atoms with E-state index in [0.29, 0.717) is 39.3 Å². The molecule has 5 aromatic rings. The molecule has 3 aromatic carbocycles. The number of fused-ring (bicyclic) bond motifs is 3. The van der Waals surface area contributed by atoms with Crippen molar-refractivity contribution in [3.63, 3.8) is 0 Å². The van der Waals surface area contributed by atoms with Gasteiger partial charge in [-0.05, 0) is 73.5 Å². The molecule has 8 rings (SSSR count). The molecule has 8 heteroatoms. The van der Waals surface area contributed by atoms with Crippen molar-refractivity contribution in [2.24, 2.45) is 11.8 Å². The van der Waals surface area contributed by atoms with Crippen LogP contribution in [0.15, 0.2) is 54.6 Å². The number of nitrogens with zero attached hydrogens (tertiary/aromatic N) is 3. The Morgan fingerprint density at radius 2 is 1.80 bits per heavy atom. The predicted octanol–water partition coefficient (Wildman–Crippen LogP) is 6.23. The number of anilines is 2. The summed E-state index contributed by atoms with van der Waals surface area (Å²) in [4.78, 5) is 4.86. The number of phenols is 1. The monoisotopic (exact) mass is 533 g/mol. The van der Waals surface area contributed by atoms with Crippen LogP contribution < -0.4 is 10.6 Å². The van der Waals surface area contributed by atoms with Crippen molar-refractivity contribution >= 4 is 33.2 Å². The number of rotatable bonds is 5. The fourth-order valence-electron chi connectivity index (χ4n) is 6.55. The molecule has 2 atom stereocenters. The maximum absolute atomic E-state index is 16.9. The Bertz CT molecular complexity index is 1880. The van der Waals surface area contributed by atoms with Crippen LogP contribution in [0.25, 0.3) is 32.9 Å². The van der Waals surface area contributed by atoms with Gasteiger partial charge in [0, 0.05) is 22.6 Å². The molecule has 6 nitrogen and oxygen atoms in total. The second-order valence-electron chi connectivity index (χ2n) is 11.1. The third kappa shape index (κ3) is 3.44. The first kappa shape index (κ1) is 23.4. The number of nitrogens with one attached hydrogen (secondary N) is 2. The normalized spacial score (nSPS) is 21.5. The number of terminal acetylenes is 1. The minimum atomic E-state index is -0.592. The molecule has 2 saturated carbocycles. The topological polar surface area (TPSA) is 75.0 Å². The van der Waals surface area contributed by atoms with Crippen molar-refractivity contribution in [2.75, 3.05) is 18.4 Å². The Kier molecular flexibility index (Phi) is 4.98. The highest BCUT2D eigenvalue weighted by Crippen LogP contribution is 2.58. The highest BCUT2D eigenvalue weighted by atomic mass is 19.1. The average Bonchev–Trinajstić information content (AvgIpc) is 3.83. The number of phenolic OH excluding ortho intramolecular Hbond substituents is 1. The summed E-state index contributed by atoms with van der Waals surface area (Å²) in [6.45, 7) is 1.86. The van der Waals surface area contributed by atoms with Crippen LogP contribution in [0.4, 0.5) is 20.3 Å². The summed E-state index contributed by atoms with van der Waals surface area (Å²) in [5.41, 5.74) is 2.28. The van der Waals surface area contributed by atoms with Gasteiger partial charge >= 0.3 is 0 Å². The van der Waals surface area contributed by atoms with Crippen molar-refractivity contribution in [1.29, 1.82) is 0 Å². The van der Waals surface area contributed by atoms with Gasteiger partial charge in [0.2, 0.25) is 0 Å². The van der Waals surface area contributed by atoms with Crippen LogP contribution >= 0.6 is 0 Å². The number of para-hydroxylation sites is 1. The van der Waals surface area contributed by atoms with E-state index in [9.17, 15) is 9.50 Å². The van der Waals surface area contributed by atoms with Crippen LogP contribution in [0.2, 0.25) is 0 Å². The molecular formula is C32H25F2N5O. The summed E-state index contributed by atoms with van der Waals surface area (Å²) in [6, 6.07) is 15.4. The van der Waals surface area contributed by atoms with E-state index in [1.807, 2.05) is 35.0 Å². The van der Waals surface area contributed by atoms with Gasteiger partial charge in [-0.25, -0.2) is 13.8 Å². The van der Waals surface area contributed by atoms with Crippen LogP contribution in [0.3, 0.4) is 0 Å². The van der Waals surface area contributed by atoms with E-state index >= 15 is 4.39 Å². The molecule has 0 amide bonds. The molecule has 1 saturated heterocycles. The Hall–Kier alpha value is -4.48. The minimum Gasteiger partial charge on any atom is -0.508 e. The van der Waals surface area contributed by atoms with Crippen molar-refractivity contribution in [2.45, 2.75) is 24.8 Å². The molecule has 3 heterocycles. The molecule has 2 aromatic heterocycles. The average molecular weight is 534 g/mol. The third-order valence-electron chi connectivity index (χ3n) is 8.60. The van der Waals surface area contributed by atoms with E-state index in [0.717, 1.165) is 37.3 Å². The van der Waals surface area contributed by atoms with Crippen LogP contribution in [-0.2, 0) is 0 Å². The van der Waals surface area contributed by atoms with Gasteiger partial charge in [0.1, 0.15) is 28.6 Å². The molecule has 0 spiro atoms. The molecule has 0 radical (unpaired) electrons. The molecule has 2 unspecified atom stereocenters. The zero-order valence-corrected chi connectivity index (χ0v) is 21.5. The van der Waals surface area contributed by atoms with Gasteiger partial charge in [-0.15, -0.1) is 6.42 Å². The zero-order valence-electron chi connectivity index (χ0n) is 21.5. The van der Waals surface area contributed by atoms with Crippen LogP contribution in [0.5, 0.6) is 5.75 Å². The van der Waals surface area contributed by atoms with Crippen LogP contribution in [0, 0.1) is 35.8 Å². The minimum absolute atomic E-state index is 0.000982. The predicted molar refractivity (Wildman–Crippen MR) is 151 cm³/mol. The molecule has 198 valence electrons. The fraction of sp³-hybridized carbons (Fsp3) is 0.250.